The molecule has 4 aromatic rings. The Morgan fingerprint density at radius 3 is 2.50 bits per heavy atom. The number of fused-ring (bicyclic) bond motifs is 3. The van der Waals surface area contributed by atoms with E-state index in [2.05, 4.69) is 57.3 Å². The molecule has 0 N–H and O–H groups in total. The summed E-state index contributed by atoms with van der Waals surface area (Å²) in [5.41, 5.74) is 6.09. The van der Waals surface area contributed by atoms with Gasteiger partial charge in [-0.15, -0.1) is 0 Å². The molecule has 1 aromatic carbocycles. The third kappa shape index (κ3) is 5.18. The number of benzene rings is 1. The van der Waals surface area contributed by atoms with E-state index in [4.69, 9.17) is 24.2 Å². The predicted octanol–water partition coefficient (Wildman–Crippen LogP) is 3.97. The molecule has 0 saturated carbocycles. The lowest BCUT2D eigenvalue weighted by atomic mass is 10.1. The van der Waals surface area contributed by atoms with E-state index in [9.17, 15) is 0 Å². The van der Waals surface area contributed by atoms with Gasteiger partial charge in [-0.3, -0.25) is 14.3 Å². The van der Waals surface area contributed by atoms with Crippen molar-refractivity contribution < 1.29 is 14.2 Å². The van der Waals surface area contributed by atoms with Gasteiger partial charge in [0.2, 0.25) is 11.8 Å². The summed E-state index contributed by atoms with van der Waals surface area (Å²) in [5, 5.41) is 0. The first-order chi connectivity index (χ1) is 18.5. The number of hydrogen-bond donors (Lipinski definition) is 0. The van der Waals surface area contributed by atoms with Gasteiger partial charge in [0, 0.05) is 50.6 Å². The largest absolute Gasteiger partial charge is 0.478 e. The number of hydrogen-bond acceptors (Lipinski definition) is 8. The maximum atomic E-state index is 5.97. The Morgan fingerprint density at radius 2 is 1.74 bits per heavy atom. The van der Waals surface area contributed by atoms with Crippen molar-refractivity contribution in [3.63, 3.8) is 0 Å². The molecule has 2 atom stereocenters. The molecule has 2 aliphatic rings. The van der Waals surface area contributed by atoms with Crippen molar-refractivity contribution in [1.82, 2.24) is 24.3 Å². The number of imidazole rings is 1. The maximum absolute atomic E-state index is 5.97. The first kappa shape index (κ1) is 25.0. The van der Waals surface area contributed by atoms with Crippen LogP contribution in [0.2, 0.25) is 0 Å². The molecule has 3 aromatic heterocycles. The minimum Gasteiger partial charge on any atom is -0.478 e. The van der Waals surface area contributed by atoms with Crippen molar-refractivity contribution in [2.45, 2.75) is 39.4 Å². The van der Waals surface area contributed by atoms with Gasteiger partial charge in [0.25, 0.3) is 0 Å². The SMILES string of the molecule is Cc1nc(N2C[C@@H](C)O[C@@H](C)C2)n2c1cnc1ccc(-c3ccc(OCCCN4CCOCC4)nc3)cc12. The lowest BCUT2D eigenvalue weighted by molar-refractivity contribution is -0.00573. The number of anilines is 1. The van der Waals surface area contributed by atoms with Crippen molar-refractivity contribution in [1.29, 1.82) is 0 Å². The number of rotatable bonds is 7. The normalized spacial score (nSPS) is 20.9. The lowest BCUT2D eigenvalue weighted by Crippen LogP contribution is -2.46. The summed E-state index contributed by atoms with van der Waals surface area (Å²) in [7, 11) is 0. The minimum absolute atomic E-state index is 0.154. The summed E-state index contributed by atoms with van der Waals surface area (Å²) in [4.78, 5) is 19.0. The van der Waals surface area contributed by atoms with Gasteiger partial charge in [-0.25, -0.2) is 9.97 Å². The molecule has 0 radical (unpaired) electrons. The Morgan fingerprint density at radius 1 is 0.947 bits per heavy atom. The van der Waals surface area contributed by atoms with Crippen molar-refractivity contribution in [3.8, 4) is 17.0 Å². The van der Waals surface area contributed by atoms with Gasteiger partial charge < -0.3 is 19.1 Å². The maximum Gasteiger partial charge on any atom is 0.213 e. The van der Waals surface area contributed by atoms with E-state index in [1.54, 1.807) is 0 Å². The molecule has 9 heteroatoms. The summed E-state index contributed by atoms with van der Waals surface area (Å²) in [6, 6.07) is 10.4. The first-order valence-corrected chi connectivity index (χ1v) is 13.6. The second-order valence-corrected chi connectivity index (χ2v) is 10.4. The molecule has 9 nitrogen and oxygen atoms in total. The number of morpholine rings is 2. The quantitative estimate of drug-likeness (QED) is 0.342. The molecule has 2 fully saturated rings. The molecule has 0 bridgehead atoms. The van der Waals surface area contributed by atoms with Gasteiger partial charge in [0.15, 0.2) is 0 Å². The average molecular weight is 517 g/mol. The van der Waals surface area contributed by atoms with Gasteiger partial charge in [0.1, 0.15) is 0 Å². The van der Waals surface area contributed by atoms with E-state index in [0.29, 0.717) is 12.5 Å². The van der Waals surface area contributed by atoms with Gasteiger partial charge in [0.05, 0.1) is 60.5 Å². The summed E-state index contributed by atoms with van der Waals surface area (Å²) >= 11 is 0. The standard InChI is InChI=1S/C29H36N6O3/c1-20-18-34(19-21(2)38-20)29-32-22(3)27-17-30-25-7-5-23(15-26(25)35(27)29)24-6-8-28(31-16-24)37-12-4-9-33-10-13-36-14-11-33/h5-8,15-17,20-21H,4,9-14,18-19H2,1-3H3/t20-,21+. The van der Waals surface area contributed by atoms with E-state index in [1.807, 2.05) is 25.4 Å². The Labute approximate surface area is 223 Å². The zero-order chi connectivity index (χ0) is 26.1. The molecule has 0 aliphatic carbocycles. The van der Waals surface area contributed by atoms with E-state index >= 15 is 0 Å². The van der Waals surface area contributed by atoms with E-state index in [0.717, 1.165) is 91.7 Å². The van der Waals surface area contributed by atoms with Crippen LogP contribution < -0.4 is 9.64 Å². The highest BCUT2D eigenvalue weighted by Crippen LogP contribution is 2.30. The van der Waals surface area contributed by atoms with Crippen LogP contribution >= 0.6 is 0 Å². The summed E-state index contributed by atoms with van der Waals surface area (Å²) < 4.78 is 19.5. The first-order valence-electron chi connectivity index (χ1n) is 13.6. The zero-order valence-electron chi connectivity index (χ0n) is 22.5. The molecular formula is C29H36N6O3. The third-order valence-corrected chi connectivity index (χ3v) is 7.37. The van der Waals surface area contributed by atoms with Crippen molar-refractivity contribution >= 4 is 22.5 Å². The van der Waals surface area contributed by atoms with Crippen LogP contribution in [0.5, 0.6) is 5.88 Å². The molecular weight excluding hydrogens is 480 g/mol. The van der Waals surface area contributed by atoms with Crippen molar-refractivity contribution in [3.05, 3.63) is 48.4 Å². The molecule has 0 amide bonds. The fraction of sp³-hybridized carbons (Fsp3) is 0.483. The third-order valence-electron chi connectivity index (χ3n) is 7.37. The van der Waals surface area contributed by atoms with Crippen LogP contribution in [0.4, 0.5) is 5.95 Å². The van der Waals surface area contributed by atoms with Crippen molar-refractivity contribution in [2.75, 3.05) is 57.4 Å². The molecule has 5 heterocycles. The van der Waals surface area contributed by atoms with Crippen LogP contribution in [0.1, 0.15) is 26.0 Å². The average Bonchev–Trinajstić information content (AvgIpc) is 3.28. The van der Waals surface area contributed by atoms with E-state index in [1.165, 1.54) is 0 Å². The molecule has 6 rings (SSSR count). The summed E-state index contributed by atoms with van der Waals surface area (Å²) in [6.45, 7) is 13.3. The van der Waals surface area contributed by atoms with Gasteiger partial charge in [-0.2, -0.15) is 0 Å². The Kier molecular flexibility index (Phi) is 7.14. The summed E-state index contributed by atoms with van der Waals surface area (Å²) in [5.74, 6) is 1.60. The fourth-order valence-corrected chi connectivity index (χ4v) is 5.52. The molecule has 38 heavy (non-hydrogen) atoms. The number of aryl methyl sites for hydroxylation is 1. The van der Waals surface area contributed by atoms with Crippen LogP contribution in [0.3, 0.4) is 0 Å². The minimum atomic E-state index is 0.154. The second kappa shape index (κ2) is 10.8. The number of ether oxygens (including phenoxy) is 3. The monoisotopic (exact) mass is 516 g/mol. The molecule has 2 saturated heterocycles. The fourth-order valence-electron chi connectivity index (χ4n) is 5.52. The topological polar surface area (TPSA) is 77.2 Å². The van der Waals surface area contributed by atoms with Gasteiger partial charge >= 0.3 is 0 Å². The summed E-state index contributed by atoms with van der Waals surface area (Å²) in [6.07, 6.45) is 5.10. The Bertz CT molecular complexity index is 1390. The van der Waals surface area contributed by atoms with Crippen LogP contribution in [0, 0.1) is 6.92 Å². The lowest BCUT2D eigenvalue weighted by Gasteiger charge is -2.35. The number of aromatic nitrogens is 4. The zero-order valence-corrected chi connectivity index (χ0v) is 22.5. The van der Waals surface area contributed by atoms with Crippen LogP contribution in [-0.4, -0.2) is 89.0 Å². The second-order valence-electron chi connectivity index (χ2n) is 10.4. The highest BCUT2D eigenvalue weighted by Gasteiger charge is 2.26. The molecule has 200 valence electrons. The number of nitrogens with zero attached hydrogens (tertiary/aromatic N) is 6. The highest BCUT2D eigenvalue weighted by molar-refractivity contribution is 5.85. The predicted molar refractivity (Wildman–Crippen MR) is 148 cm³/mol. The molecule has 0 unspecified atom stereocenters. The molecule has 0 spiro atoms. The van der Waals surface area contributed by atoms with Crippen LogP contribution in [0.25, 0.3) is 27.7 Å². The Hall–Kier alpha value is -3.27. The smallest absolute Gasteiger partial charge is 0.213 e. The van der Waals surface area contributed by atoms with Crippen molar-refractivity contribution in [2.24, 2.45) is 0 Å². The number of pyridine rings is 1. The van der Waals surface area contributed by atoms with Crippen LogP contribution in [-0.2, 0) is 9.47 Å². The van der Waals surface area contributed by atoms with Gasteiger partial charge in [-0.05, 0) is 51.0 Å². The van der Waals surface area contributed by atoms with Gasteiger partial charge in [-0.1, -0.05) is 6.07 Å². The van der Waals surface area contributed by atoms with E-state index < -0.39 is 0 Å². The highest BCUT2D eigenvalue weighted by atomic mass is 16.5. The van der Waals surface area contributed by atoms with E-state index in [-0.39, 0.29) is 12.2 Å². The Balaban J connectivity index is 1.23. The van der Waals surface area contributed by atoms with Crippen LogP contribution in [0.15, 0.2) is 42.7 Å². The molecule has 2 aliphatic heterocycles.